The smallest absolute Gasteiger partial charge is 0.240 e. The van der Waals surface area contributed by atoms with Gasteiger partial charge in [-0.25, -0.2) is 4.98 Å². The minimum atomic E-state index is 0.385. The van der Waals surface area contributed by atoms with Crippen LogP contribution in [0.2, 0.25) is 0 Å². The second-order valence-electron chi connectivity index (χ2n) is 3.51. The Morgan fingerprint density at radius 1 is 1.18 bits per heavy atom. The molecule has 0 atom stereocenters. The number of aromatic nitrogens is 1. The Kier molecular flexibility index (Phi) is 3.45. The quantitative estimate of drug-likeness (QED) is 0.875. The third-order valence-electron chi connectivity index (χ3n) is 2.34. The number of nitrogen functional groups attached to an aromatic ring is 1. The second kappa shape index (κ2) is 5.21. The van der Waals surface area contributed by atoms with Gasteiger partial charge in [-0.15, -0.1) is 0 Å². The van der Waals surface area contributed by atoms with E-state index in [1.165, 1.54) is 7.11 Å². The van der Waals surface area contributed by atoms with E-state index in [2.05, 4.69) is 4.98 Å². The highest BCUT2D eigenvalue weighted by Gasteiger charge is 2.07. The number of nitrogens with zero attached hydrogens (tertiary/aromatic N) is 1. The van der Waals surface area contributed by atoms with Gasteiger partial charge < -0.3 is 15.2 Å². The first kappa shape index (κ1) is 11.3. The normalized spacial score (nSPS) is 9.94. The summed E-state index contributed by atoms with van der Waals surface area (Å²) in [6, 6.07) is 11.6. The van der Waals surface area contributed by atoms with Gasteiger partial charge in [0, 0.05) is 12.3 Å². The molecule has 88 valence electrons. The molecule has 17 heavy (non-hydrogen) atoms. The van der Waals surface area contributed by atoms with Crippen LogP contribution in [-0.4, -0.2) is 12.1 Å². The lowest BCUT2D eigenvalue weighted by atomic mass is 10.2. The first-order chi connectivity index (χ1) is 8.31. The summed E-state index contributed by atoms with van der Waals surface area (Å²) in [5, 5.41) is 0. The van der Waals surface area contributed by atoms with Gasteiger partial charge in [-0.2, -0.15) is 0 Å². The largest absolute Gasteiger partial charge is 0.486 e. The van der Waals surface area contributed by atoms with Gasteiger partial charge in [0.15, 0.2) is 0 Å². The average molecular weight is 230 g/mol. The summed E-state index contributed by atoms with van der Waals surface area (Å²) in [4.78, 5) is 3.99. The van der Waals surface area contributed by atoms with Crippen LogP contribution in [0.5, 0.6) is 11.6 Å². The van der Waals surface area contributed by atoms with Crippen molar-refractivity contribution < 1.29 is 9.47 Å². The number of benzene rings is 1. The van der Waals surface area contributed by atoms with Crippen LogP contribution in [0.25, 0.3) is 0 Å². The van der Waals surface area contributed by atoms with Crippen molar-refractivity contribution in [3.63, 3.8) is 0 Å². The number of pyridine rings is 1. The number of ether oxygens (including phenoxy) is 2. The maximum absolute atomic E-state index is 5.85. The molecule has 1 aromatic carbocycles. The Bertz CT molecular complexity index is 486. The van der Waals surface area contributed by atoms with Crippen LogP contribution < -0.4 is 15.2 Å². The van der Waals surface area contributed by atoms with Crippen LogP contribution in [-0.2, 0) is 6.61 Å². The highest BCUT2D eigenvalue weighted by molar-refractivity contribution is 5.59. The summed E-state index contributed by atoms with van der Waals surface area (Å²) in [6.07, 6.45) is 1.61. The predicted molar refractivity (Wildman–Crippen MR) is 66.0 cm³/mol. The van der Waals surface area contributed by atoms with Crippen LogP contribution in [0.3, 0.4) is 0 Å². The van der Waals surface area contributed by atoms with E-state index in [4.69, 9.17) is 15.2 Å². The average Bonchev–Trinajstić information content (AvgIpc) is 2.39. The Labute approximate surface area is 100 Å². The number of anilines is 1. The highest BCUT2D eigenvalue weighted by Crippen LogP contribution is 2.29. The van der Waals surface area contributed by atoms with Gasteiger partial charge in [-0.05, 0) is 5.56 Å². The van der Waals surface area contributed by atoms with E-state index >= 15 is 0 Å². The molecule has 2 rings (SSSR count). The van der Waals surface area contributed by atoms with Gasteiger partial charge in [-0.3, -0.25) is 0 Å². The van der Waals surface area contributed by atoms with Crippen LogP contribution >= 0.6 is 0 Å². The third kappa shape index (κ3) is 2.66. The van der Waals surface area contributed by atoms with Crippen molar-refractivity contribution >= 4 is 5.69 Å². The number of nitrogens with two attached hydrogens (primary N) is 1. The van der Waals surface area contributed by atoms with Gasteiger partial charge in [0.05, 0.1) is 7.11 Å². The maximum Gasteiger partial charge on any atom is 0.240 e. The Hall–Kier alpha value is -2.23. The van der Waals surface area contributed by atoms with E-state index in [0.29, 0.717) is 23.9 Å². The molecule has 4 heteroatoms. The van der Waals surface area contributed by atoms with Gasteiger partial charge >= 0.3 is 0 Å². The number of hydrogen-bond acceptors (Lipinski definition) is 4. The molecule has 2 N–H and O–H groups in total. The van der Waals surface area contributed by atoms with Crippen molar-refractivity contribution in [3.8, 4) is 11.6 Å². The SMILES string of the molecule is COc1nccc(OCc2ccccc2)c1N. The molecule has 1 aromatic heterocycles. The molecular weight excluding hydrogens is 216 g/mol. The third-order valence-corrected chi connectivity index (χ3v) is 2.34. The van der Waals surface area contributed by atoms with Gasteiger partial charge in [0.25, 0.3) is 0 Å². The van der Waals surface area contributed by atoms with E-state index in [1.807, 2.05) is 30.3 Å². The lowest BCUT2D eigenvalue weighted by Crippen LogP contribution is -2.01. The summed E-state index contributed by atoms with van der Waals surface area (Å²) >= 11 is 0. The first-order valence-electron chi connectivity index (χ1n) is 5.26. The van der Waals surface area contributed by atoms with Gasteiger partial charge in [0.1, 0.15) is 18.0 Å². The van der Waals surface area contributed by atoms with E-state index in [0.717, 1.165) is 5.56 Å². The minimum absolute atomic E-state index is 0.385. The number of rotatable bonds is 4. The molecule has 4 nitrogen and oxygen atoms in total. The summed E-state index contributed by atoms with van der Waals surface area (Å²) in [5.41, 5.74) is 7.35. The topological polar surface area (TPSA) is 57.4 Å². The van der Waals surface area contributed by atoms with Crippen LogP contribution in [0.1, 0.15) is 5.56 Å². The second-order valence-corrected chi connectivity index (χ2v) is 3.51. The van der Waals surface area contributed by atoms with Crippen LogP contribution in [0.4, 0.5) is 5.69 Å². The molecule has 0 saturated heterocycles. The lowest BCUT2D eigenvalue weighted by molar-refractivity contribution is 0.304. The molecule has 0 radical (unpaired) electrons. The summed E-state index contributed by atoms with van der Waals surface area (Å²) in [6.45, 7) is 0.470. The van der Waals surface area contributed by atoms with Crippen molar-refractivity contribution in [1.82, 2.24) is 4.98 Å². The van der Waals surface area contributed by atoms with Crippen molar-refractivity contribution in [3.05, 3.63) is 48.2 Å². The van der Waals surface area contributed by atoms with Crippen molar-refractivity contribution in [1.29, 1.82) is 0 Å². The molecule has 0 saturated carbocycles. The van der Waals surface area contributed by atoms with Crippen molar-refractivity contribution in [2.75, 3.05) is 12.8 Å². The van der Waals surface area contributed by atoms with Crippen molar-refractivity contribution in [2.24, 2.45) is 0 Å². The summed E-state index contributed by atoms with van der Waals surface area (Å²) in [5.74, 6) is 0.969. The molecule has 0 bridgehead atoms. The molecule has 0 aliphatic heterocycles. The fourth-order valence-corrected chi connectivity index (χ4v) is 1.46. The van der Waals surface area contributed by atoms with Crippen LogP contribution in [0, 0.1) is 0 Å². The van der Waals surface area contributed by atoms with E-state index in [-0.39, 0.29) is 0 Å². The zero-order valence-corrected chi connectivity index (χ0v) is 9.59. The zero-order valence-electron chi connectivity index (χ0n) is 9.59. The standard InChI is InChI=1S/C13H14N2O2/c1-16-13-12(14)11(7-8-15-13)17-9-10-5-3-2-4-6-10/h2-8H,9,14H2,1H3. The Morgan fingerprint density at radius 2 is 1.94 bits per heavy atom. The summed E-state index contributed by atoms with van der Waals surface area (Å²) < 4.78 is 10.6. The van der Waals surface area contributed by atoms with Crippen molar-refractivity contribution in [2.45, 2.75) is 6.61 Å². The maximum atomic E-state index is 5.85. The summed E-state index contributed by atoms with van der Waals surface area (Å²) in [7, 11) is 1.53. The van der Waals surface area contributed by atoms with E-state index in [1.54, 1.807) is 12.3 Å². The number of methoxy groups -OCH3 is 1. The van der Waals surface area contributed by atoms with Gasteiger partial charge in [-0.1, -0.05) is 30.3 Å². The van der Waals surface area contributed by atoms with Gasteiger partial charge in [0.2, 0.25) is 5.88 Å². The molecule has 0 unspecified atom stereocenters. The molecule has 0 aliphatic rings. The van der Waals surface area contributed by atoms with E-state index < -0.39 is 0 Å². The fourth-order valence-electron chi connectivity index (χ4n) is 1.46. The highest BCUT2D eigenvalue weighted by atomic mass is 16.5. The lowest BCUT2D eigenvalue weighted by Gasteiger charge is -2.10. The van der Waals surface area contributed by atoms with Crippen LogP contribution in [0.15, 0.2) is 42.6 Å². The monoisotopic (exact) mass is 230 g/mol. The predicted octanol–water partition coefficient (Wildman–Crippen LogP) is 2.25. The zero-order chi connectivity index (χ0) is 12.1. The molecule has 0 aliphatic carbocycles. The molecule has 1 heterocycles. The molecule has 0 fully saturated rings. The molecule has 0 spiro atoms. The molecular formula is C13H14N2O2. The van der Waals surface area contributed by atoms with E-state index in [9.17, 15) is 0 Å². The fraction of sp³-hybridized carbons (Fsp3) is 0.154. The number of hydrogen-bond donors (Lipinski definition) is 1. The first-order valence-corrected chi connectivity index (χ1v) is 5.26. The molecule has 2 aromatic rings. The Balaban J connectivity index is 2.09. The minimum Gasteiger partial charge on any atom is -0.486 e. The Morgan fingerprint density at radius 3 is 2.65 bits per heavy atom. The molecule has 0 amide bonds.